The standard InChI is InChI=1S/C21H27FN4O4/c1-30-17-5-4-15(12-16(17)22)13-24-8-10-25(11-9-24)18(27)14-26-19(28)21(23-20(26)29)6-2-3-7-21/h4-5,12H,2-3,6-11,13-14H2,1H3,(H,23,29)/p+1. The van der Waals surface area contributed by atoms with Crippen LogP contribution in [0.4, 0.5) is 9.18 Å². The predicted octanol–water partition coefficient (Wildman–Crippen LogP) is -0.0740. The van der Waals surface area contributed by atoms with Crippen molar-refractivity contribution in [3.05, 3.63) is 29.6 Å². The van der Waals surface area contributed by atoms with E-state index in [0.29, 0.717) is 32.5 Å². The first-order valence-electron chi connectivity index (χ1n) is 10.5. The third-order valence-corrected chi connectivity index (χ3v) is 6.49. The van der Waals surface area contributed by atoms with Gasteiger partial charge in [-0.25, -0.2) is 9.18 Å². The highest BCUT2D eigenvalue weighted by Gasteiger charge is 2.52. The van der Waals surface area contributed by atoms with Crippen molar-refractivity contribution in [1.82, 2.24) is 15.1 Å². The zero-order chi connectivity index (χ0) is 21.3. The molecular weight excluding hydrogens is 391 g/mol. The molecule has 1 saturated carbocycles. The Labute approximate surface area is 174 Å². The lowest BCUT2D eigenvalue weighted by atomic mass is 9.98. The molecule has 1 aromatic carbocycles. The van der Waals surface area contributed by atoms with Gasteiger partial charge in [0.05, 0.1) is 33.3 Å². The maximum absolute atomic E-state index is 13.9. The van der Waals surface area contributed by atoms with Gasteiger partial charge in [-0.1, -0.05) is 12.8 Å². The van der Waals surface area contributed by atoms with Crippen LogP contribution < -0.4 is 15.0 Å². The van der Waals surface area contributed by atoms with E-state index in [9.17, 15) is 18.8 Å². The van der Waals surface area contributed by atoms with Crippen LogP contribution in [0.15, 0.2) is 18.2 Å². The van der Waals surface area contributed by atoms with Crippen molar-refractivity contribution in [3.63, 3.8) is 0 Å². The van der Waals surface area contributed by atoms with Gasteiger partial charge in [0.1, 0.15) is 18.6 Å². The van der Waals surface area contributed by atoms with Gasteiger partial charge < -0.3 is 19.9 Å². The Bertz CT molecular complexity index is 847. The first kappa shape index (κ1) is 20.6. The quantitative estimate of drug-likeness (QED) is 0.655. The number of rotatable bonds is 5. The van der Waals surface area contributed by atoms with Crippen LogP contribution in [0.2, 0.25) is 0 Å². The molecule has 1 spiro atoms. The fraction of sp³-hybridized carbons (Fsp3) is 0.571. The third-order valence-electron chi connectivity index (χ3n) is 6.49. The van der Waals surface area contributed by atoms with Crippen molar-refractivity contribution in [2.75, 3.05) is 39.8 Å². The minimum Gasteiger partial charge on any atom is -0.494 e. The van der Waals surface area contributed by atoms with Gasteiger partial charge in [-0.2, -0.15) is 0 Å². The molecule has 0 unspecified atom stereocenters. The van der Waals surface area contributed by atoms with Crippen molar-refractivity contribution < 1.29 is 28.4 Å². The summed E-state index contributed by atoms with van der Waals surface area (Å²) in [7, 11) is 1.44. The second-order valence-corrected chi connectivity index (χ2v) is 8.39. The summed E-state index contributed by atoms with van der Waals surface area (Å²) in [6.07, 6.45) is 3.12. The zero-order valence-corrected chi connectivity index (χ0v) is 17.2. The van der Waals surface area contributed by atoms with Crippen LogP contribution in [-0.4, -0.2) is 73.0 Å². The Kier molecular flexibility index (Phi) is 5.64. The van der Waals surface area contributed by atoms with E-state index < -0.39 is 11.6 Å². The van der Waals surface area contributed by atoms with E-state index in [-0.39, 0.29) is 29.9 Å². The third kappa shape index (κ3) is 3.86. The predicted molar refractivity (Wildman–Crippen MR) is 105 cm³/mol. The lowest BCUT2D eigenvalue weighted by Gasteiger charge is -2.33. The Balaban J connectivity index is 1.29. The van der Waals surface area contributed by atoms with Gasteiger partial charge in [0.15, 0.2) is 11.6 Å². The van der Waals surface area contributed by atoms with Crippen LogP contribution >= 0.6 is 0 Å². The summed E-state index contributed by atoms with van der Waals surface area (Å²) in [6, 6.07) is 4.50. The number of nitrogens with one attached hydrogen (secondary N) is 2. The maximum Gasteiger partial charge on any atom is 0.325 e. The number of quaternary nitrogens is 1. The normalized spacial score (nSPS) is 21.4. The minimum absolute atomic E-state index is 0.203. The fourth-order valence-electron chi connectivity index (χ4n) is 4.73. The van der Waals surface area contributed by atoms with Gasteiger partial charge >= 0.3 is 6.03 Å². The molecule has 4 amide bonds. The molecular formula is C21H28FN4O4+. The molecule has 30 heavy (non-hydrogen) atoms. The van der Waals surface area contributed by atoms with Gasteiger partial charge in [0.2, 0.25) is 5.91 Å². The smallest absolute Gasteiger partial charge is 0.325 e. The van der Waals surface area contributed by atoms with Crippen LogP contribution in [0.1, 0.15) is 31.2 Å². The minimum atomic E-state index is -0.784. The van der Waals surface area contributed by atoms with Crippen molar-refractivity contribution in [2.45, 2.75) is 37.8 Å². The Morgan fingerprint density at radius 1 is 1.23 bits per heavy atom. The van der Waals surface area contributed by atoms with Crippen LogP contribution in [0, 0.1) is 5.82 Å². The van der Waals surface area contributed by atoms with Crippen molar-refractivity contribution in [2.24, 2.45) is 0 Å². The number of hydrogen-bond donors (Lipinski definition) is 2. The lowest BCUT2D eigenvalue weighted by molar-refractivity contribution is -0.917. The number of benzene rings is 1. The number of methoxy groups -OCH3 is 1. The monoisotopic (exact) mass is 419 g/mol. The average Bonchev–Trinajstić information content (AvgIpc) is 3.29. The lowest BCUT2D eigenvalue weighted by Crippen LogP contribution is -3.13. The highest BCUT2D eigenvalue weighted by Crippen LogP contribution is 2.34. The number of imide groups is 1. The second kappa shape index (κ2) is 8.22. The summed E-state index contributed by atoms with van der Waals surface area (Å²) < 4.78 is 18.8. The zero-order valence-electron chi connectivity index (χ0n) is 17.2. The maximum atomic E-state index is 13.9. The highest BCUT2D eigenvalue weighted by molar-refractivity contribution is 6.09. The molecule has 2 N–H and O–H groups in total. The summed E-state index contributed by atoms with van der Waals surface area (Å²) in [5, 5.41) is 2.81. The summed E-state index contributed by atoms with van der Waals surface area (Å²) in [6.45, 7) is 3.00. The van der Waals surface area contributed by atoms with Gasteiger partial charge in [-0.15, -0.1) is 0 Å². The molecule has 1 aromatic rings. The number of halogens is 1. The molecule has 0 radical (unpaired) electrons. The summed E-state index contributed by atoms with van der Waals surface area (Å²) in [4.78, 5) is 41.7. The largest absolute Gasteiger partial charge is 0.494 e. The van der Waals surface area contributed by atoms with Crippen molar-refractivity contribution >= 4 is 17.8 Å². The molecule has 2 aliphatic heterocycles. The van der Waals surface area contributed by atoms with E-state index in [4.69, 9.17) is 4.74 Å². The van der Waals surface area contributed by atoms with Gasteiger partial charge in [0, 0.05) is 5.56 Å². The topological polar surface area (TPSA) is 83.4 Å². The molecule has 4 rings (SSSR count). The Morgan fingerprint density at radius 2 is 1.93 bits per heavy atom. The molecule has 9 heteroatoms. The Morgan fingerprint density at radius 3 is 2.57 bits per heavy atom. The number of carbonyl (C=O) groups is 3. The van der Waals surface area contributed by atoms with Crippen LogP contribution in [0.5, 0.6) is 5.75 Å². The number of piperazine rings is 1. The first-order chi connectivity index (χ1) is 14.4. The number of carbonyl (C=O) groups excluding carboxylic acids is 3. The summed E-state index contributed by atoms with van der Waals surface area (Å²) >= 11 is 0. The van der Waals surface area contributed by atoms with E-state index in [1.54, 1.807) is 11.0 Å². The molecule has 3 aliphatic rings. The number of nitrogens with zero attached hydrogens (tertiary/aromatic N) is 2. The summed E-state index contributed by atoms with van der Waals surface area (Å²) in [5.74, 6) is -0.618. The van der Waals surface area contributed by atoms with Crippen LogP contribution in [-0.2, 0) is 16.1 Å². The number of hydrogen-bond acceptors (Lipinski definition) is 4. The molecule has 2 heterocycles. The molecule has 0 atom stereocenters. The molecule has 0 aromatic heterocycles. The van der Waals surface area contributed by atoms with Gasteiger partial charge in [-0.3, -0.25) is 14.5 Å². The number of amides is 4. The van der Waals surface area contributed by atoms with E-state index >= 15 is 0 Å². The van der Waals surface area contributed by atoms with Gasteiger partial charge in [-0.05, 0) is 31.0 Å². The Hall–Kier alpha value is -2.68. The van der Waals surface area contributed by atoms with Crippen LogP contribution in [0.3, 0.4) is 0 Å². The second-order valence-electron chi connectivity index (χ2n) is 8.39. The summed E-state index contributed by atoms with van der Waals surface area (Å²) in [5.41, 5.74) is 0.0951. The molecule has 0 bridgehead atoms. The average molecular weight is 419 g/mol. The van der Waals surface area contributed by atoms with Gasteiger partial charge in [0.25, 0.3) is 5.91 Å². The molecule has 3 fully saturated rings. The van der Waals surface area contributed by atoms with E-state index in [1.165, 1.54) is 18.1 Å². The van der Waals surface area contributed by atoms with E-state index in [1.807, 2.05) is 6.07 Å². The first-order valence-corrected chi connectivity index (χ1v) is 10.5. The molecule has 1 aliphatic carbocycles. The highest BCUT2D eigenvalue weighted by atomic mass is 19.1. The fourth-order valence-corrected chi connectivity index (χ4v) is 4.73. The van der Waals surface area contributed by atoms with Crippen molar-refractivity contribution in [1.29, 1.82) is 0 Å². The number of urea groups is 1. The van der Waals surface area contributed by atoms with Crippen molar-refractivity contribution in [3.8, 4) is 5.75 Å². The molecule has 2 saturated heterocycles. The van der Waals surface area contributed by atoms with E-state index in [2.05, 4.69) is 5.32 Å². The molecule has 8 nitrogen and oxygen atoms in total. The van der Waals surface area contributed by atoms with Crippen LogP contribution in [0.25, 0.3) is 0 Å². The number of ether oxygens (including phenoxy) is 1. The molecule has 162 valence electrons. The van der Waals surface area contributed by atoms with E-state index in [0.717, 1.165) is 36.4 Å². The SMILES string of the molecule is COc1ccc(C[NH+]2CCN(C(=O)CN3C(=O)NC4(CCCC4)C3=O)CC2)cc1F.